The van der Waals surface area contributed by atoms with Crippen LogP contribution in [0, 0.1) is 0 Å². The molecule has 28 heavy (non-hydrogen) atoms. The van der Waals surface area contributed by atoms with E-state index in [1.807, 2.05) is 0 Å². The fourth-order valence-corrected chi connectivity index (χ4v) is 3.35. The second-order valence-electron chi connectivity index (χ2n) is 7.86. The van der Waals surface area contributed by atoms with Crippen LogP contribution < -0.4 is 10.6 Å². The highest BCUT2D eigenvalue weighted by Crippen LogP contribution is 2.35. The molecule has 1 aromatic rings. The van der Waals surface area contributed by atoms with E-state index in [0.717, 1.165) is 0 Å². The van der Waals surface area contributed by atoms with E-state index in [0.29, 0.717) is 11.3 Å². The number of nitrogens with one attached hydrogen (secondary N) is 2. The van der Waals surface area contributed by atoms with E-state index >= 15 is 0 Å². The Balaban J connectivity index is 1.79. The molecule has 0 aliphatic carbocycles. The predicted molar refractivity (Wildman–Crippen MR) is 98.5 cm³/mol. The highest BCUT2D eigenvalue weighted by Gasteiger charge is 2.40. The number of ether oxygens (including phenoxy) is 1. The summed E-state index contributed by atoms with van der Waals surface area (Å²) in [4.78, 5) is 49.6. The number of amides is 3. The largest absolute Gasteiger partial charge is 0.508 e. The Hall–Kier alpha value is -3.10. The van der Waals surface area contributed by atoms with Gasteiger partial charge in [0.15, 0.2) is 0 Å². The number of esters is 1. The monoisotopic (exact) mass is 389 g/mol. The Morgan fingerprint density at radius 3 is 2.68 bits per heavy atom. The van der Waals surface area contributed by atoms with Crippen LogP contribution in [-0.4, -0.2) is 51.9 Å². The second-order valence-corrected chi connectivity index (χ2v) is 7.86. The highest BCUT2D eigenvalue weighted by atomic mass is 16.6. The van der Waals surface area contributed by atoms with Crippen molar-refractivity contribution in [1.82, 2.24) is 10.2 Å². The molecular weight excluding hydrogens is 366 g/mol. The maximum atomic E-state index is 12.8. The molecule has 0 radical (unpaired) electrons. The highest BCUT2D eigenvalue weighted by molar-refractivity contribution is 6.06. The Morgan fingerprint density at radius 2 is 2.04 bits per heavy atom. The van der Waals surface area contributed by atoms with E-state index < -0.39 is 29.4 Å². The Kier molecular flexibility index (Phi) is 5.01. The molecule has 0 saturated carbocycles. The van der Waals surface area contributed by atoms with Gasteiger partial charge in [-0.2, -0.15) is 0 Å². The quantitative estimate of drug-likeness (QED) is 0.516. The zero-order valence-corrected chi connectivity index (χ0v) is 16.0. The molecule has 0 spiro atoms. The minimum atomic E-state index is -0.751. The summed E-state index contributed by atoms with van der Waals surface area (Å²) >= 11 is 0. The van der Waals surface area contributed by atoms with Crippen LogP contribution in [0.1, 0.15) is 49.5 Å². The van der Waals surface area contributed by atoms with Crippen molar-refractivity contribution >= 4 is 29.4 Å². The van der Waals surface area contributed by atoms with Crippen LogP contribution >= 0.6 is 0 Å². The van der Waals surface area contributed by atoms with Crippen LogP contribution in [0.5, 0.6) is 5.75 Å². The first-order valence-corrected chi connectivity index (χ1v) is 9.01. The van der Waals surface area contributed by atoms with Gasteiger partial charge in [0, 0.05) is 30.3 Å². The van der Waals surface area contributed by atoms with Gasteiger partial charge >= 0.3 is 5.97 Å². The molecule has 3 rings (SSSR count). The number of carbonyl (C=O) groups is 4. The van der Waals surface area contributed by atoms with Gasteiger partial charge in [-0.1, -0.05) is 0 Å². The molecule has 2 heterocycles. The number of carbonyl (C=O) groups excluding carboxylic acids is 4. The van der Waals surface area contributed by atoms with E-state index in [2.05, 4.69) is 10.6 Å². The molecule has 1 saturated heterocycles. The third-order valence-electron chi connectivity index (χ3n) is 4.48. The van der Waals surface area contributed by atoms with Crippen LogP contribution in [0.3, 0.4) is 0 Å². The molecule has 0 aromatic heterocycles. The average Bonchev–Trinajstić information content (AvgIpc) is 2.88. The number of hydrogen-bond donors (Lipinski definition) is 3. The number of imide groups is 1. The molecule has 150 valence electrons. The summed E-state index contributed by atoms with van der Waals surface area (Å²) in [5.41, 5.74) is 0.634. The lowest BCUT2D eigenvalue weighted by Crippen LogP contribution is -2.52. The normalized spacial score (nSPS) is 19.3. The summed E-state index contributed by atoms with van der Waals surface area (Å²) in [6, 6.07) is 2.01. The van der Waals surface area contributed by atoms with Gasteiger partial charge in [-0.3, -0.25) is 24.5 Å². The Labute approximate surface area is 162 Å². The van der Waals surface area contributed by atoms with Gasteiger partial charge in [0.1, 0.15) is 23.9 Å². The lowest BCUT2D eigenvalue weighted by molar-refractivity contribution is -0.152. The maximum Gasteiger partial charge on any atom is 0.325 e. The summed E-state index contributed by atoms with van der Waals surface area (Å²) < 4.78 is 5.24. The fourth-order valence-electron chi connectivity index (χ4n) is 3.35. The first-order valence-electron chi connectivity index (χ1n) is 9.01. The van der Waals surface area contributed by atoms with Gasteiger partial charge in [-0.25, -0.2) is 0 Å². The minimum Gasteiger partial charge on any atom is -0.508 e. The summed E-state index contributed by atoms with van der Waals surface area (Å²) in [7, 11) is 0. The van der Waals surface area contributed by atoms with Gasteiger partial charge in [0.2, 0.25) is 11.8 Å². The van der Waals surface area contributed by atoms with Crippen LogP contribution in [-0.2, 0) is 25.7 Å². The smallest absolute Gasteiger partial charge is 0.325 e. The van der Waals surface area contributed by atoms with Crippen molar-refractivity contribution in [2.75, 3.05) is 11.9 Å². The summed E-state index contributed by atoms with van der Waals surface area (Å²) in [5, 5.41) is 15.1. The van der Waals surface area contributed by atoms with Gasteiger partial charge in [-0.05, 0) is 33.3 Å². The molecule has 2 aliphatic heterocycles. The minimum absolute atomic E-state index is 0.135. The Bertz CT molecular complexity index is 858. The Morgan fingerprint density at radius 1 is 1.32 bits per heavy atom. The number of phenols is 1. The molecule has 3 N–H and O–H groups in total. The van der Waals surface area contributed by atoms with Crippen LogP contribution in [0.2, 0.25) is 0 Å². The molecule has 0 bridgehead atoms. The average molecular weight is 389 g/mol. The molecule has 1 unspecified atom stereocenters. The fraction of sp³-hybridized carbons (Fsp3) is 0.474. The van der Waals surface area contributed by atoms with Crippen molar-refractivity contribution < 1.29 is 29.0 Å². The van der Waals surface area contributed by atoms with E-state index in [-0.39, 0.29) is 43.2 Å². The summed E-state index contributed by atoms with van der Waals surface area (Å²) in [5.74, 6) is -1.88. The number of piperidine rings is 1. The zero-order valence-electron chi connectivity index (χ0n) is 16.0. The number of fused-ring (bicyclic) bond motifs is 1. The van der Waals surface area contributed by atoms with Crippen molar-refractivity contribution in [3.8, 4) is 5.75 Å². The third kappa shape index (κ3) is 4.08. The number of rotatable bonds is 4. The number of anilines is 1. The first kappa shape index (κ1) is 19.7. The number of nitrogens with zero attached hydrogens (tertiary/aromatic N) is 1. The van der Waals surface area contributed by atoms with Gasteiger partial charge in [0.05, 0.1) is 5.56 Å². The number of hydrogen-bond acceptors (Lipinski definition) is 7. The molecule has 3 amide bonds. The van der Waals surface area contributed by atoms with Crippen LogP contribution in [0.4, 0.5) is 5.69 Å². The van der Waals surface area contributed by atoms with Crippen LogP contribution in [0.25, 0.3) is 0 Å². The van der Waals surface area contributed by atoms with E-state index in [9.17, 15) is 24.3 Å². The van der Waals surface area contributed by atoms with Crippen LogP contribution in [0.15, 0.2) is 12.1 Å². The van der Waals surface area contributed by atoms with E-state index in [4.69, 9.17) is 4.74 Å². The van der Waals surface area contributed by atoms with Gasteiger partial charge in [0.25, 0.3) is 5.91 Å². The standard InChI is InChI=1S/C19H23N3O6/c1-19(2,3)28-16(25)8-20-13-7-10(23)6-11-12(13)9-22(18(11)27)14-4-5-15(24)21-17(14)26/h6-7,14,20,23H,4-5,8-9H2,1-3H3,(H,21,24,26). The second kappa shape index (κ2) is 7.14. The maximum absolute atomic E-state index is 12.8. The molecule has 2 aliphatic rings. The van der Waals surface area contributed by atoms with Gasteiger partial charge in [-0.15, -0.1) is 0 Å². The molecule has 9 heteroatoms. The molecule has 9 nitrogen and oxygen atoms in total. The zero-order chi connectivity index (χ0) is 20.6. The number of benzene rings is 1. The number of aromatic hydroxyl groups is 1. The van der Waals surface area contributed by atoms with E-state index in [1.165, 1.54) is 17.0 Å². The summed E-state index contributed by atoms with van der Waals surface area (Å²) in [6.07, 6.45) is 0.405. The van der Waals surface area contributed by atoms with Gasteiger partial charge < -0.3 is 20.1 Å². The molecule has 1 atom stereocenters. The van der Waals surface area contributed by atoms with Crippen molar-refractivity contribution in [1.29, 1.82) is 0 Å². The third-order valence-corrected chi connectivity index (χ3v) is 4.48. The predicted octanol–water partition coefficient (Wildman–Crippen LogP) is 0.907. The molecular formula is C19H23N3O6. The van der Waals surface area contributed by atoms with Crippen molar-refractivity contribution in [3.63, 3.8) is 0 Å². The van der Waals surface area contributed by atoms with Crippen molar-refractivity contribution in [2.24, 2.45) is 0 Å². The van der Waals surface area contributed by atoms with E-state index in [1.54, 1.807) is 20.8 Å². The molecule has 1 fully saturated rings. The topological polar surface area (TPSA) is 125 Å². The van der Waals surface area contributed by atoms with Crippen molar-refractivity contribution in [3.05, 3.63) is 23.3 Å². The number of phenolic OH excluding ortho intramolecular Hbond substituents is 1. The lowest BCUT2D eigenvalue weighted by atomic mass is 10.0. The first-order chi connectivity index (χ1) is 13.0. The summed E-state index contributed by atoms with van der Waals surface area (Å²) in [6.45, 7) is 5.27. The van der Waals surface area contributed by atoms with Crippen molar-refractivity contribution in [2.45, 2.75) is 51.8 Å². The SMILES string of the molecule is CC(C)(C)OC(=O)CNc1cc(O)cc2c1CN(C1CCC(=O)NC1=O)C2=O. The molecule has 1 aromatic carbocycles. The lowest BCUT2D eigenvalue weighted by Gasteiger charge is -2.29.